The van der Waals surface area contributed by atoms with Crippen molar-refractivity contribution in [3.8, 4) is 0 Å². The molecule has 1 aromatic heterocycles. The van der Waals surface area contributed by atoms with Gasteiger partial charge in [-0.05, 0) is 0 Å². The molecule has 1 aromatic rings. The number of hydrogen-bond donors (Lipinski definition) is 0. The minimum Gasteiger partial charge on any atom is -0.384 e. The Hall–Kier alpha value is -0.830. The van der Waals surface area contributed by atoms with Crippen LogP contribution >= 0.6 is 0 Å². The molecule has 0 saturated carbocycles. The Balaban J connectivity index is 0.000000461. The lowest BCUT2D eigenvalue weighted by Gasteiger charge is -1.90. The number of aromatic nitrogens is 1. The van der Waals surface area contributed by atoms with Crippen LogP contribution < -0.4 is 0 Å². The normalized spacial score (nSPS) is 8.64. The van der Waals surface area contributed by atoms with Gasteiger partial charge in [0.25, 0.3) is 0 Å². The maximum absolute atomic E-state index is 4.83. The van der Waals surface area contributed by atoms with Crippen LogP contribution in [0, 0.1) is 0 Å². The first-order valence-electron chi connectivity index (χ1n) is 3.81. The summed E-state index contributed by atoms with van der Waals surface area (Å²) in [4.78, 5) is 0. The highest BCUT2D eigenvalue weighted by Gasteiger charge is 1.92. The average Bonchev–Trinajstić information content (AvgIpc) is 2.57. The van der Waals surface area contributed by atoms with Crippen molar-refractivity contribution in [1.29, 1.82) is 0 Å². The third-order valence-electron chi connectivity index (χ3n) is 1.05. The SMILES string of the molecule is CC.COCCc1ccon1. The average molecular weight is 157 g/mol. The second-order valence-electron chi connectivity index (χ2n) is 1.73. The van der Waals surface area contributed by atoms with E-state index < -0.39 is 0 Å². The topological polar surface area (TPSA) is 35.3 Å². The number of rotatable bonds is 3. The van der Waals surface area contributed by atoms with Gasteiger partial charge in [-0.3, -0.25) is 0 Å². The zero-order chi connectivity index (χ0) is 8.53. The van der Waals surface area contributed by atoms with Gasteiger partial charge in [0.2, 0.25) is 0 Å². The van der Waals surface area contributed by atoms with Crippen molar-refractivity contribution in [2.75, 3.05) is 13.7 Å². The molecule has 0 saturated heterocycles. The van der Waals surface area contributed by atoms with E-state index in [1.54, 1.807) is 13.4 Å². The molecule has 0 aromatic carbocycles. The number of hydrogen-bond acceptors (Lipinski definition) is 3. The van der Waals surface area contributed by atoms with E-state index in [1.807, 2.05) is 19.9 Å². The predicted octanol–water partition coefficient (Wildman–Crippen LogP) is 1.89. The molecule has 1 rings (SSSR count). The molecule has 0 unspecified atom stereocenters. The van der Waals surface area contributed by atoms with Crippen molar-refractivity contribution < 1.29 is 9.26 Å². The van der Waals surface area contributed by atoms with Gasteiger partial charge in [0.15, 0.2) is 0 Å². The summed E-state index contributed by atoms with van der Waals surface area (Å²) >= 11 is 0. The van der Waals surface area contributed by atoms with Crippen LogP contribution in [-0.4, -0.2) is 18.9 Å². The molecule has 3 heteroatoms. The zero-order valence-corrected chi connectivity index (χ0v) is 7.33. The van der Waals surface area contributed by atoms with Gasteiger partial charge in [0.05, 0.1) is 12.3 Å². The van der Waals surface area contributed by atoms with E-state index in [1.165, 1.54) is 0 Å². The lowest BCUT2D eigenvalue weighted by molar-refractivity contribution is 0.200. The van der Waals surface area contributed by atoms with E-state index in [4.69, 9.17) is 4.74 Å². The van der Waals surface area contributed by atoms with Crippen molar-refractivity contribution in [3.63, 3.8) is 0 Å². The van der Waals surface area contributed by atoms with Crippen LogP contribution in [0.4, 0.5) is 0 Å². The first-order chi connectivity index (χ1) is 5.43. The maximum atomic E-state index is 4.83. The molecule has 0 fully saturated rings. The largest absolute Gasteiger partial charge is 0.384 e. The highest BCUT2D eigenvalue weighted by Crippen LogP contribution is 1.94. The third kappa shape index (κ3) is 4.56. The molecule has 11 heavy (non-hydrogen) atoms. The highest BCUT2D eigenvalue weighted by atomic mass is 16.5. The second kappa shape index (κ2) is 7.28. The van der Waals surface area contributed by atoms with Gasteiger partial charge in [-0.1, -0.05) is 19.0 Å². The molecule has 0 atom stereocenters. The summed E-state index contributed by atoms with van der Waals surface area (Å²) in [5.41, 5.74) is 0.942. The standard InChI is InChI=1S/C6H9NO2.C2H6/c1-8-4-2-6-3-5-9-7-6;1-2/h3,5H,2,4H2,1H3;1-2H3. The van der Waals surface area contributed by atoms with E-state index in [0.29, 0.717) is 6.61 Å². The van der Waals surface area contributed by atoms with Gasteiger partial charge in [0.1, 0.15) is 6.26 Å². The summed E-state index contributed by atoms with van der Waals surface area (Å²) in [5, 5.41) is 3.70. The van der Waals surface area contributed by atoms with Gasteiger partial charge in [-0.25, -0.2) is 0 Å². The van der Waals surface area contributed by atoms with Crippen LogP contribution in [0.3, 0.4) is 0 Å². The third-order valence-corrected chi connectivity index (χ3v) is 1.05. The van der Waals surface area contributed by atoms with Crippen LogP contribution in [0.2, 0.25) is 0 Å². The quantitative estimate of drug-likeness (QED) is 0.672. The molecule has 0 aliphatic carbocycles. The fourth-order valence-electron chi connectivity index (χ4n) is 0.573. The van der Waals surface area contributed by atoms with E-state index >= 15 is 0 Å². The van der Waals surface area contributed by atoms with Gasteiger partial charge in [0, 0.05) is 19.6 Å². The highest BCUT2D eigenvalue weighted by molar-refractivity contribution is 4.94. The molecule has 0 radical (unpaired) electrons. The first kappa shape index (κ1) is 10.2. The van der Waals surface area contributed by atoms with Crippen LogP contribution in [0.25, 0.3) is 0 Å². The number of nitrogens with zero attached hydrogens (tertiary/aromatic N) is 1. The molecule has 0 amide bonds. The Morgan fingerprint density at radius 3 is 2.73 bits per heavy atom. The molecule has 0 N–H and O–H groups in total. The van der Waals surface area contributed by atoms with E-state index in [2.05, 4.69) is 9.68 Å². The molecule has 0 aliphatic heterocycles. The Bertz CT molecular complexity index is 149. The maximum Gasteiger partial charge on any atom is 0.124 e. The second-order valence-corrected chi connectivity index (χ2v) is 1.73. The van der Waals surface area contributed by atoms with Crippen molar-refractivity contribution in [1.82, 2.24) is 5.16 Å². The molecule has 64 valence electrons. The van der Waals surface area contributed by atoms with Crippen LogP contribution in [0.15, 0.2) is 16.9 Å². The number of methoxy groups -OCH3 is 1. The van der Waals surface area contributed by atoms with Crippen LogP contribution in [-0.2, 0) is 11.2 Å². The molecular weight excluding hydrogens is 142 g/mol. The van der Waals surface area contributed by atoms with Crippen molar-refractivity contribution in [2.24, 2.45) is 0 Å². The van der Waals surface area contributed by atoms with Crippen LogP contribution in [0.5, 0.6) is 0 Å². The minimum absolute atomic E-state index is 0.701. The first-order valence-corrected chi connectivity index (χ1v) is 3.81. The van der Waals surface area contributed by atoms with E-state index in [9.17, 15) is 0 Å². The lowest BCUT2D eigenvalue weighted by Crippen LogP contribution is -1.93. The Morgan fingerprint density at radius 1 is 1.55 bits per heavy atom. The monoisotopic (exact) mass is 157 g/mol. The Labute approximate surface area is 67.3 Å². The lowest BCUT2D eigenvalue weighted by atomic mass is 10.3. The summed E-state index contributed by atoms with van der Waals surface area (Å²) in [7, 11) is 1.67. The van der Waals surface area contributed by atoms with Crippen molar-refractivity contribution in [3.05, 3.63) is 18.0 Å². The fourth-order valence-corrected chi connectivity index (χ4v) is 0.573. The zero-order valence-electron chi connectivity index (χ0n) is 7.33. The molecule has 0 bridgehead atoms. The Kier molecular flexibility index (Phi) is 6.73. The summed E-state index contributed by atoms with van der Waals surface area (Å²) < 4.78 is 9.44. The fraction of sp³-hybridized carbons (Fsp3) is 0.625. The number of ether oxygens (including phenoxy) is 1. The predicted molar refractivity (Wildman–Crippen MR) is 43.4 cm³/mol. The van der Waals surface area contributed by atoms with Gasteiger partial charge < -0.3 is 9.26 Å². The summed E-state index contributed by atoms with van der Waals surface area (Å²) in [5.74, 6) is 0. The smallest absolute Gasteiger partial charge is 0.124 e. The molecule has 3 nitrogen and oxygen atoms in total. The van der Waals surface area contributed by atoms with Crippen molar-refractivity contribution in [2.45, 2.75) is 20.3 Å². The van der Waals surface area contributed by atoms with Gasteiger partial charge >= 0.3 is 0 Å². The van der Waals surface area contributed by atoms with Gasteiger partial charge in [-0.15, -0.1) is 0 Å². The minimum atomic E-state index is 0.701. The van der Waals surface area contributed by atoms with E-state index in [-0.39, 0.29) is 0 Å². The molecule has 1 heterocycles. The molecule has 0 spiro atoms. The molecule has 0 aliphatic rings. The van der Waals surface area contributed by atoms with Gasteiger partial charge in [-0.2, -0.15) is 0 Å². The Morgan fingerprint density at radius 2 is 2.27 bits per heavy atom. The van der Waals surface area contributed by atoms with Crippen LogP contribution in [0.1, 0.15) is 19.5 Å². The van der Waals surface area contributed by atoms with E-state index in [0.717, 1.165) is 12.1 Å². The summed E-state index contributed by atoms with van der Waals surface area (Å²) in [6.07, 6.45) is 2.39. The summed E-state index contributed by atoms with van der Waals surface area (Å²) in [6.45, 7) is 4.70. The van der Waals surface area contributed by atoms with Crippen molar-refractivity contribution >= 4 is 0 Å². The molecular formula is C8H15NO2. The summed E-state index contributed by atoms with van der Waals surface area (Å²) in [6, 6.07) is 1.83.